The van der Waals surface area contributed by atoms with Crippen LogP contribution >= 0.6 is 0 Å². The maximum atomic E-state index is 11.3. The van der Waals surface area contributed by atoms with Gasteiger partial charge in [-0.3, -0.25) is 10.1 Å². The second-order valence-corrected chi connectivity index (χ2v) is 6.01. The van der Waals surface area contributed by atoms with Gasteiger partial charge in [-0.05, 0) is 17.4 Å². The maximum absolute atomic E-state index is 11.3. The minimum atomic E-state index is -0.936. The van der Waals surface area contributed by atoms with E-state index in [-0.39, 0.29) is 12.0 Å². The second kappa shape index (κ2) is 6.68. The summed E-state index contributed by atoms with van der Waals surface area (Å²) in [6, 6.07) is 8.20. The number of hydrogen-bond acceptors (Lipinski definition) is 3. The smallest absolute Gasteiger partial charge is 0.325 e. The predicted octanol–water partition coefficient (Wildman–Crippen LogP) is 2.20. The third kappa shape index (κ3) is 5.85. The molecule has 0 aliphatic heterocycles. The van der Waals surface area contributed by atoms with Crippen LogP contribution in [0.3, 0.4) is 0 Å². The lowest BCUT2D eigenvalue weighted by Gasteiger charge is -2.24. The van der Waals surface area contributed by atoms with E-state index in [9.17, 15) is 15.0 Å². The summed E-state index contributed by atoms with van der Waals surface area (Å²) in [6.07, 6.45) is 0.0757. The van der Waals surface area contributed by atoms with E-state index in [2.05, 4.69) is 5.32 Å². The summed E-state index contributed by atoms with van der Waals surface area (Å²) in [5.74, 6) is -0.936. The van der Waals surface area contributed by atoms with Gasteiger partial charge in [0.1, 0.15) is 6.04 Å². The van der Waals surface area contributed by atoms with Gasteiger partial charge in [0, 0.05) is 6.54 Å². The minimum absolute atomic E-state index is 0.0204. The van der Waals surface area contributed by atoms with Crippen LogP contribution in [0.4, 0.5) is 0 Å². The number of aliphatic hydroxyl groups excluding tert-OH is 1. The molecule has 0 fully saturated rings. The molecule has 0 spiro atoms. The molecule has 0 bridgehead atoms. The van der Waals surface area contributed by atoms with Crippen LogP contribution in [0.1, 0.15) is 38.8 Å². The number of carboxylic acid groups (broad SMARTS) is 1. The van der Waals surface area contributed by atoms with Crippen molar-refractivity contribution in [1.82, 2.24) is 5.32 Å². The number of aliphatic hydroxyl groups is 1. The van der Waals surface area contributed by atoms with Gasteiger partial charge < -0.3 is 10.2 Å². The number of rotatable bonds is 6. The average Bonchev–Trinajstić information content (AvgIpc) is 2.27. The fourth-order valence-corrected chi connectivity index (χ4v) is 2.03. The van der Waals surface area contributed by atoms with Crippen LogP contribution in [-0.2, 0) is 4.79 Å². The van der Waals surface area contributed by atoms with Crippen LogP contribution in [0.2, 0.25) is 0 Å². The van der Waals surface area contributed by atoms with Crippen molar-refractivity contribution in [1.29, 1.82) is 0 Å². The molecule has 2 unspecified atom stereocenters. The number of benzene rings is 1. The average molecular weight is 265 g/mol. The first-order valence-electron chi connectivity index (χ1n) is 6.49. The predicted molar refractivity (Wildman–Crippen MR) is 74.9 cm³/mol. The van der Waals surface area contributed by atoms with Crippen molar-refractivity contribution in [3.63, 3.8) is 0 Å². The first-order valence-corrected chi connectivity index (χ1v) is 6.49. The Morgan fingerprint density at radius 3 is 2.32 bits per heavy atom. The van der Waals surface area contributed by atoms with Gasteiger partial charge in [0.25, 0.3) is 0 Å². The summed E-state index contributed by atoms with van der Waals surface area (Å²) in [6.45, 7) is 6.40. The van der Waals surface area contributed by atoms with E-state index >= 15 is 0 Å². The molecule has 3 N–H and O–H groups in total. The molecule has 19 heavy (non-hydrogen) atoms. The molecule has 1 aromatic carbocycles. The fourth-order valence-electron chi connectivity index (χ4n) is 2.03. The molecule has 106 valence electrons. The highest BCUT2D eigenvalue weighted by Crippen LogP contribution is 2.21. The maximum Gasteiger partial charge on any atom is 0.325 e. The molecule has 0 saturated heterocycles. The number of carbonyl (C=O) groups is 1. The zero-order valence-corrected chi connectivity index (χ0v) is 11.8. The molecule has 1 aromatic rings. The molecule has 4 nitrogen and oxygen atoms in total. The Balaban J connectivity index is 2.59. The van der Waals surface area contributed by atoms with Gasteiger partial charge >= 0.3 is 5.97 Å². The summed E-state index contributed by atoms with van der Waals surface area (Å²) in [5, 5.41) is 22.0. The van der Waals surface area contributed by atoms with Gasteiger partial charge in [-0.2, -0.15) is 0 Å². The zero-order valence-electron chi connectivity index (χ0n) is 11.8. The van der Waals surface area contributed by atoms with Crippen molar-refractivity contribution in [2.75, 3.05) is 6.54 Å². The zero-order chi connectivity index (χ0) is 14.5. The molecule has 0 saturated carbocycles. The molecule has 0 amide bonds. The quantitative estimate of drug-likeness (QED) is 0.737. The Labute approximate surface area is 114 Å². The van der Waals surface area contributed by atoms with Crippen LogP contribution in [0, 0.1) is 5.41 Å². The molecule has 1 rings (SSSR count). The van der Waals surface area contributed by atoms with E-state index in [4.69, 9.17) is 0 Å². The molecule has 0 radical (unpaired) electrons. The van der Waals surface area contributed by atoms with E-state index in [1.165, 1.54) is 0 Å². The molecule has 0 aliphatic carbocycles. The Morgan fingerprint density at radius 1 is 1.26 bits per heavy atom. The fraction of sp³-hybridized carbons (Fsp3) is 0.533. The standard InChI is InChI=1S/C15H23NO3/c1-15(2,3)9-12(17)10-16-13(14(18)19)11-7-5-4-6-8-11/h4-8,12-13,16-17H,9-10H2,1-3H3,(H,18,19). The van der Waals surface area contributed by atoms with Gasteiger partial charge in [0.2, 0.25) is 0 Å². The third-order valence-electron chi connectivity index (χ3n) is 2.79. The van der Waals surface area contributed by atoms with E-state index < -0.39 is 18.1 Å². The summed E-state index contributed by atoms with van der Waals surface area (Å²) in [4.78, 5) is 11.3. The Morgan fingerprint density at radius 2 is 1.84 bits per heavy atom. The van der Waals surface area contributed by atoms with Crippen LogP contribution in [0.15, 0.2) is 30.3 Å². The second-order valence-electron chi connectivity index (χ2n) is 6.01. The molecule has 2 atom stereocenters. The lowest BCUT2D eigenvalue weighted by molar-refractivity contribution is -0.139. The van der Waals surface area contributed by atoms with Crippen LogP contribution in [0.5, 0.6) is 0 Å². The lowest BCUT2D eigenvalue weighted by atomic mass is 9.89. The first-order chi connectivity index (χ1) is 8.79. The van der Waals surface area contributed by atoms with Gasteiger partial charge in [-0.15, -0.1) is 0 Å². The van der Waals surface area contributed by atoms with Crippen molar-refractivity contribution in [2.24, 2.45) is 5.41 Å². The van der Waals surface area contributed by atoms with Crippen molar-refractivity contribution >= 4 is 5.97 Å². The molecule has 4 heteroatoms. The molecule has 0 aliphatic rings. The minimum Gasteiger partial charge on any atom is -0.480 e. The number of hydrogen-bond donors (Lipinski definition) is 3. The molecule has 0 aromatic heterocycles. The van der Waals surface area contributed by atoms with E-state index in [0.29, 0.717) is 12.0 Å². The van der Waals surface area contributed by atoms with Crippen molar-refractivity contribution in [3.8, 4) is 0 Å². The highest BCUT2D eigenvalue weighted by Gasteiger charge is 2.22. The van der Waals surface area contributed by atoms with Crippen LogP contribution in [-0.4, -0.2) is 28.8 Å². The molecule has 0 heterocycles. The Hall–Kier alpha value is -1.39. The number of carboxylic acids is 1. The number of aliphatic carboxylic acids is 1. The van der Waals surface area contributed by atoms with Crippen molar-refractivity contribution < 1.29 is 15.0 Å². The van der Waals surface area contributed by atoms with Crippen molar-refractivity contribution in [3.05, 3.63) is 35.9 Å². The van der Waals surface area contributed by atoms with E-state index in [0.717, 1.165) is 0 Å². The normalized spacial score (nSPS) is 14.9. The number of nitrogens with one attached hydrogen (secondary N) is 1. The van der Waals surface area contributed by atoms with Crippen LogP contribution < -0.4 is 5.32 Å². The largest absolute Gasteiger partial charge is 0.480 e. The topological polar surface area (TPSA) is 69.6 Å². The summed E-state index contributed by atoms with van der Waals surface area (Å²) >= 11 is 0. The van der Waals surface area contributed by atoms with Gasteiger partial charge in [-0.1, -0.05) is 51.1 Å². The van der Waals surface area contributed by atoms with Crippen molar-refractivity contribution in [2.45, 2.75) is 39.3 Å². The molecular weight excluding hydrogens is 242 g/mol. The first kappa shape index (κ1) is 15.7. The monoisotopic (exact) mass is 265 g/mol. The lowest BCUT2D eigenvalue weighted by Crippen LogP contribution is -2.36. The van der Waals surface area contributed by atoms with Gasteiger partial charge in [0.15, 0.2) is 0 Å². The van der Waals surface area contributed by atoms with E-state index in [1.54, 1.807) is 24.3 Å². The van der Waals surface area contributed by atoms with Crippen LogP contribution in [0.25, 0.3) is 0 Å². The Kier molecular flexibility index (Phi) is 5.51. The SMILES string of the molecule is CC(C)(C)CC(O)CNC(C(=O)O)c1ccccc1. The van der Waals surface area contributed by atoms with Gasteiger partial charge in [0.05, 0.1) is 6.10 Å². The Bertz CT molecular complexity index is 398. The van der Waals surface area contributed by atoms with Gasteiger partial charge in [-0.25, -0.2) is 0 Å². The summed E-state index contributed by atoms with van der Waals surface area (Å²) in [5.41, 5.74) is 0.713. The third-order valence-corrected chi connectivity index (χ3v) is 2.79. The summed E-state index contributed by atoms with van der Waals surface area (Å²) < 4.78 is 0. The van der Waals surface area contributed by atoms with E-state index in [1.807, 2.05) is 26.8 Å². The summed E-state index contributed by atoms with van der Waals surface area (Å²) in [7, 11) is 0. The highest BCUT2D eigenvalue weighted by molar-refractivity contribution is 5.75. The highest BCUT2D eigenvalue weighted by atomic mass is 16.4. The molecular formula is C15H23NO3.